The number of aromatic hydroxyl groups is 1. The molecule has 0 unspecified atom stereocenters. The third-order valence-electron chi connectivity index (χ3n) is 4.48. The van der Waals surface area contributed by atoms with E-state index in [1.807, 2.05) is 0 Å². The van der Waals surface area contributed by atoms with E-state index in [4.69, 9.17) is 4.74 Å². The molecule has 1 aromatic carbocycles. The predicted octanol–water partition coefficient (Wildman–Crippen LogP) is 4.08. The molecule has 0 saturated carbocycles. The van der Waals surface area contributed by atoms with Crippen LogP contribution in [-0.4, -0.2) is 39.3 Å². The number of benzene rings is 1. The van der Waals surface area contributed by atoms with E-state index in [0.717, 1.165) is 11.8 Å². The first kappa shape index (κ1) is 22.1. The van der Waals surface area contributed by atoms with E-state index in [9.17, 15) is 23.1 Å². The summed E-state index contributed by atoms with van der Waals surface area (Å²) in [5, 5.41) is 20.5. The first-order valence-corrected chi connectivity index (χ1v) is 9.51. The normalized spacial score (nSPS) is 11.4. The lowest BCUT2D eigenvalue weighted by atomic mass is 9.98. The van der Waals surface area contributed by atoms with E-state index in [1.165, 1.54) is 12.3 Å². The Kier molecular flexibility index (Phi) is 6.47. The van der Waals surface area contributed by atoms with Crippen LogP contribution in [0.3, 0.4) is 0 Å². The zero-order valence-corrected chi connectivity index (χ0v) is 16.9. The van der Waals surface area contributed by atoms with Gasteiger partial charge in [0.05, 0.1) is 23.4 Å². The van der Waals surface area contributed by atoms with Crippen molar-refractivity contribution in [1.82, 2.24) is 20.5 Å². The van der Waals surface area contributed by atoms with E-state index < -0.39 is 11.7 Å². The number of amides is 1. The minimum atomic E-state index is -4.60. The molecule has 0 bridgehead atoms. The quantitative estimate of drug-likeness (QED) is 0.487. The van der Waals surface area contributed by atoms with Crippen LogP contribution in [0.4, 0.5) is 13.2 Å². The average Bonchev–Trinajstić information content (AvgIpc) is 3.16. The number of carbonyl (C=O) groups is 1. The summed E-state index contributed by atoms with van der Waals surface area (Å²) in [6.45, 7) is 3.76. The minimum absolute atomic E-state index is 0.0361. The molecule has 0 fully saturated rings. The van der Waals surface area contributed by atoms with Crippen LogP contribution in [0.15, 0.2) is 36.7 Å². The van der Waals surface area contributed by atoms with Gasteiger partial charge in [-0.1, -0.05) is 6.92 Å². The summed E-state index contributed by atoms with van der Waals surface area (Å²) in [5.41, 5.74) is 0.643. The van der Waals surface area contributed by atoms with Crippen molar-refractivity contribution in [2.45, 2.75) is 26.4 Å². The van der Waals surface area contributed by atoms with Crippen LogP contribution in [0.5, 0.6) is 11.5 Å². The van der Waals surface area contributed by atoms with Crippen molar-refractivity contribution in [2.75, 3.05) is 13.2 Å². The van der Waals surface area contributed by atoms with Crippen molar-refractivity contribution in [3.05, 3.63) is 47.9 Å². The molecule has 0 aliphatic heterocycles. The molecule has 31 heavy (non-hydrogen) atoms. The van der Waals surface area contributed by atoms with Gasteiger partial charge in [-0.3, -0.25) is 14.9 Å². The fourth-order valence-corrected chi connectivity index (χ4v) is 2.94. The number of pyridine rings is 1. The molecule has 2 heterocycles. The van der Waals surface area contributed by atoms with Gasteiger partial charge in [-0.15, -0.1) is 0 Å². The Morgan fingerprint density at radius 1 is 1.26 bits per heavy atom. The first-order chi connectivity index (χ1) is 14.7. The Morgan fingerprint density at radius 2 is 2.03 bits per heavy atom. The van der Waals surface area contributed by atoms with Gasteiger partial charge in [-0.05, 0) is 31.2 Å². The molecule has 0 atom stereocenters. The monoisotopic (exact) mass is 434 g/mol. The summed E-state index contributed by atoms with van der Waals surface area (Å²) in [6.07, 6.45) is -2.35. The summed E-state index contributed by atoms with van der Waals surface area (Å²) < 4.78 is 45.3. The van der Waals surface area contributed by atoms with E-state index in [2.05, 4.69) is 20.5 Å². The standard InChI is InChI=1S/C21H21F3N4O3/c1-3-18(29)26-6-7-31-17-5-4-15(16-8-12(2)27-28-16)20(30)19(17)13-9-14(11-25-10-13)21(22,23)24/h4-5,8-11,30H,3,6-7H2,1-2H3,(H,26,29)(H,27,28). The van der Waals surface area contributed by atoms with Gasteiger partial charge in [0.25, 0.3) is 0 Å². The molecule has 10 heteroatoms. The smallest absolute Gasteiger partial charge is 0.417 e. The van der Waals surface area contributed by atoms with Crippen molar-refractivity contribution in [3.63, 3.8) is 0 Å². The highest BCUT2D eigenvalue weighted by Gasteiger charge is 2.32. The maximum absolute atomic E-state index is 13.2. The predicted molar refractivity (Wildman–Crippen MR) is 107 cm³/mol. The van der Waals surface area contributed by atoms with Crippen LogP contribution >= 0.6 is 0 Å². The van der Waals surface area contributed by atoms with Crippen molar-refractivity contribution >= 4 is 5.91 Å². The van der Waals surface area contributed by atoms with Crippen molar-refractivity contribution in [2.24, 2.45) is 0 Å². The van der Waals surface area contributed by atoms with E-state index in [0.29, 0.717) is 23.9 Å². The number of nitrogens with zero attached hydrogens (tertiary/aromatic N) is 2. The highest BCUT2D eigenvalue weighted by Crippen LogP contribution is 2.44. The Balaban J connectivity index is 2.03. The second-order valence-corrected chi connectivity index (χ2v) is 6.78. The molecule has 7 nitrogen and oxygen atoms in total. The summed E-state index contributed by atoms with van der Waals surface area (Å²) in [4.78, 5) is 15.1. The lowest BCUT2D eigenvalue weighted by Crippen LogP contribution is -2.27. The highest BCUT2D eigenvalue weighted by molar-refractivity contribution is 5.85. The molecular weight excluding hydrogens is 413 g/mol. The highest BCUT2D eigenvalue weighted by atomic mass is 19.4. The van der Waals surface area contributed by atoms with Crippen LogP contribution < -0.4 is 10.1 Å². The zero-order valence-electron chi connectivity index (χ0n) is 16.9. The van der Waals surface area contributed by atoms with Gasteiger partial charge in [0, 0.05) is 35.6 Å². The molecule has 0 aliphatic rings. The number of phenols is 1. The van der Waals surface area contributed by atoms with Crippen molar-refractivity contribution in [3.8, 4) is 33.9 Å². The van der Waals surface area contributed by atoms with Crippen LogP contribution in [-0.2, 0) is 11.0 Å². The zero-order chi connectivity index (χ0) is 22.6. The molecule has 3 N–H and O–H groups in total. The molecule has 0 saturated heterocycles. The topological polar surface area (TPSA) is 100 Å². The molecule has 3 rings (SSSR count). The van der Waals surface area contributed by atoms with Crippen molar-refractivity contribution in [1.29, 1.82) is 0 Å². The average molecular weight is 434 g/mol. The van der Waals surface area contributed by atoms with Gasteiger partial charge in [-0.2, -0.15) is 18.3 Å². The van der Waals surface area contributed by atoms with Crippen LogP contribution in [0.1, 0.15) is 24.6 Å². The number of aromatic nitrogens is 3. The first-order valence-electron chi connectivity index (χ1n) is 9.51. The summed E-state index contributed by atoms with van der Waals surface area (Å²) in [6, 6.07) is 5.70. The molecular formula is C21H21F3N4O3. The fraction of sp³-hybridized carbons (Fsp3) is 0.286. The number of H-pyrrole nitrogens is 1. The van der Waals surface area contributed by atoms with Gasteiger partial charge < -0.3 is 15.2 Å². The third kappa shape index (κ3) is 5.14. The molecule has 3 aromatic rings. The number of ether oxygens (including phenoxy) is 1. The Bertz CT molecular complexity index is 1080. The van der Waals surface area contributed by atoms with Crippen LogP contribution in [0.25, 0.3) is 22.4 Å². The SMILES string of the molecule is CCC(=O)NCCOc1ccc(-c2cc(C)[nH]n2)c(O)c1-c1cncc(C(F)(F)F)c1. The van der Waals surface area contributed by atoms with Gasteiger partial charge in [0.2, 0.25) is 5.91 Å². The lowest BCUT2D eigenvalue weighted by molar-refractivity contribution is -0.137. The molecule has 0 spiro atoms. The third-order valence-corrected chi connectivity index (χ3v) is 4.48. The van der Waals surface area contributed by atoms with Gasteiger partial charge in [-0.25, -0.2) is 0 Å². The summed E-state index contributed by atoms with van der Waals surface area (Å²) >= 11 is 0. The second-order valence-electron chi connectivity index (χ2n) is 6.78. The number of nitrogens with one attached hydrogen (secondary N) is 2. The number of phenolic OH excluding ortho intramolecular Hbond substituents is 1. The van der Waals surface area contributed by atoms with Crippen LogP contribution in [0, 0.1) is 6.92 Å². The van der Waals surface area contributed by atoms with Crippen molar-refractivity contribution < 1.29 is 27.8 Å². The number of carbonyl (C=O) groups excluding carboxylic acids is 1. The van der Waals surface area contributed by atoms with Crippen LogP contribution in [0.2, 0.25) is 0 Å². The van der Waals surface area contributed by atoms with E-state index in [1.54, 1.807) is 26.0 Å². The summed E-state index contributed by atoms with van der Waals surface area (Å²) in [5.74, 6) is -0.291. The Hall–Kier alpha value is -3.56. The fourth-order valence-electron chi connectivity index (χ4n) is 2.94. The van der Waals surface area contributed by atoms with E-state index in [-0.39, 0.29) is 41.7 Å². The number of hydrogen-bond donors (Lipinski definition) is 3. The largest absolute Gasteiger partial charge is 0.506 e. The molecule has 0 aliphatic carbocycles. The van der Waals surface area contributed by atoms with Gasteiger partial charge >= 0.3 is 6.18 Å². The maximum atomic E-state index is 13.2. The molecule has 1 amide bonds. The minimum Gasteiger partial charge on any atom is -0.506 e. The van der Waals surface area contributed by atoms with Gasteiger partial charge in [0.15, 0.2) is 0 Å². The number of aryl methyl sites for hydroxylation is 1. The summed E-state index contributed by atoms with van der Waals surface area (Å²) in [7, 11) is 0. The molecule has 0 radical (unpaired) electrons. The Labute approximate surface area is 176 Å². The van der Waals surface area contributed by atoms with Gasteiger partial charge in [0.1, 0.15) is 18.1 Å². The number of hydrogen-bond acceptors (Lipinski definition) is 5. The lowest BCUT2D eigenvalue weighted by Gasteiger charge is -2.16. The second kappa shape index (κ2) is 9.07. The maximum Gasteiger partial charge on any atom is 0.417 e. The number of halogens is 3. The van der Waals surface area contributed by atoms with E-state index >= 15 is 0 Å². The molecule has 2 aromatic heterocycles. The number of aromatic amines is 1. The Morgan fingerprint density at radius 3 is 2.68 bits per heavy atom. The molecule has 164 valence electrons. The number of rotatable bonds is 7. The number of alkyl halides is 3.